The van der Waals surface area contributed by atoms with E-state index in [1.807, 2.05) is 24.4 Å². The number of hydrogen-bond donors (Lipinski definition) is 0. The van der Waals surface area contributed by atoms with Gasteiger partial charge in [-0.15, -0.1) is 12.4 Å². The van der Waals surface area contributed by atoms with Crippen LogP contribution < -0.4 is 5.56 Å². The van der Waals surface area contributed by atoms with E-state index in [2.05, 4.69) is 34.6 Å². The number of halogens is 1. The van der Waals surface area contributed by atoms with E-state index in [1.165, 1.54) is 12.8 Å². The van der Waals surface area contributed by atoms with E-state index in [4.69, 9.17) is 0 Å². The largest absolute Gasteiger partial charge is 0.296 e. The van der Waals surface area contributed by atoms with Crippen molar-refractivity contribution in [1.29, 1.82) is 0 Å². The van der Waals surface area contributed by atoms with Crippen LogP contribution in [-0.4, -0.2) is 37.9 Å². The molecule has 26 heavy (non-hydrogen) atoms. The standard InChI is InChI=1S/C20H24N4O.ClH/c1-15-6-7-16(2)22(15)11-12-24-19-9-8-18(13-17(19)14-21-24)23-10-4-3-5-20(23)25;/h3-5,8-10,13-16H,6-7,11-12H2,1-2H3;1H/t15-,16-;/m1./s1. The van der Waals surface area contributed by atoms with Crippen LogP contribution in [0.1, 0.15) is 26.7 Å². The molecule has 0 saturated carbocycles. The average Bonchev–Trinajstić information content (AvgIpc) is 3.16. The molecule has 5 nitrogen and oxygen atoms in total. The number of pyridine rings is 1. The van der Waals surface area contributed by atoms with Crippen molar-refractivity contribution < 1.29 is 0 Å². The van der Waals surface area contributed by atoms with Crippen molar-refractivity contribution in [2.45, 2.75) is 45.3 Å². The second kappa shape index (κ2) is 7.64. The van der Waals surface area contributed by atoms with E-state index < -0.39 is 0 Å². The molecule has 0 aliphatic carbocycles. The summed E-state index contributed by atoms with van der Waals surface area (Å²) in [6, 6.07) is 12.6. The zero-order valence-corrected chi connectivity index (χ0v) is 16.0. The summed E-state index contributed by atoms with van der Waals surface area (Å²) >= 11 is 0. The Morgan fingerprint density at radius 1 is 1.08 bits per heavy atom. The van der Waals surface area contributed by atoms with E-state index in [0.717, 1.165) is 29.7 Å². The first kappa shape index (κ1) is 18.7. The van der Waals surface area contributed by atoms with Gasteiger partial charge in [0.2, 0.25) is 0 Å². The fourth-order valence-electron chi connectivity index (χ4n) is 3.94. The number of benzene rings is 1. The Bertz CT molecular complexity index is 938. The van der Waals surface area contributed by atoms with Gasteiger partial charge in [0, 0.05) is 42.0 Å². The van der Waals surface area contributed by atoms with Crippen molar-refractivity contribution in [3.8, 4) is 5.69 Å². The Balaban J connectivity index is 0.00000196. The van der Waals surface area contributed by atoms with Crippen LogP contribution in [0, 0.1) is 0 Å². The third kappa shape index (κ3) is 3.41. The normalized spacial score (nSPS) is 20.4. The van der Waals surface area contributed by atoms with Gasteiger partial charge in [-0.05, 0) is 51.0 Å². The first-order valence-corrected chi connectivity index (χ1v) is 9.03. The number of hydrogen-bond acceptors (Lipinski definition) is 3. The molecule has 2 aromatic heterocycles. The molecule has 3 heterocycles. The summed E-state index contributed by atoms with van der Waals surface area (Å²) in [7, 11) is 0. The maximum absolute atomic E-state index is 12.0. The number of rotatable bonds is 4. The zero-order chi connectivity index (χ0) is 17.4. The van der Waals surface area contributed by atoms with Gasteiger partial charge in [0.15, 0.2) is 0 Å². The van der Waals surface area contributed by atoms with Gasteiger partial charge in [-0.1, -0.05) is 6.07 Å². The molecule has 1 aliphatic heterocycles. The molecule has 1 aliphatic rings. The van der Waals surface area contributed by atoms with Gasteiger partial charge < -0.3 is 0 Å². The maximum atomic E-state index is 12.0. The molecule has 0 N–H and O–H groups in total. The number of fused-ring (bicyclic) bond motifs is 1. The number of likely N-dealkylation sites (tertiary alicyclic amines) is 1. The van der Waals surface area contributed by atoms with Crippen molar-refractivity contribution in [2.24, 2.45) is 0 Å². The SMILES string of the molecule is C[C@@H]1CC[C@@H](C)N1CCn1ncc2cc(-n3ccccc3=O)ccc21.Cl. The quantitative estimate of drug-likeness (QED) is 0.704. The summed E-state index contributed by atoms with van der Waals surface area (Å²) in [5.74, 6) is 0. The van der Waals surface area contributed by atoms with Crippen LogP contribution in [0.2, 0.25) is 0 Å². The predicted octanol–water partition coefficient (Wildman–Crippen LogP) is 3.48. The smallest absolute Gasteiger partial charge is 0.255 e. The first-order chi connectivity index (χ1) is 12.1. The highest BCUT2D eigenvalue weighted by atomic mass is 35.5. The minimum absolute atomic E-state index is 0. The van der Waals surface area contributed by atoms with Crippen LogP contribution in [0.4, 0.5) is 0 Å². The highest BCUT2D eigenvalue weighted by Crippen LogP contribution is 2.23. The molecule has 0 bridgehead atoms. The molecule has 1 aromatic carbocycles. The zero-order valence-electron chi connectivity index (χ0n) is 15.2. The summed E-state index contributed by atoms with van der Waals surface area (Å²) < 4.78 is 3.73. The molecule has 0 amide bonds. The molecule has 138 valence electrons. The summed E-state index contributed by atoms with van der Waals surface area (Å²) in [5, 5.41) is 5.63. The van der Waals surface area contributed by atoms with E-state index in [-0.39, 0.29) is 18.0 Å². The van der Waals surface area contributed by atoms with Crippen molar-refractivity contribution in [3.05, 3.63) is 59.1 Å². The molecule has 1 saturated heterocycles. The van der Waals surface area contributed by atoms with Gasteiger partial charge in [0.25, 0.3) is 5.56 Å². The van der Waals surface area contributed by atoms with Crippen LogP contribution in [0.5, 0.6) is 0 Å². The van der Waals surface area contributed by atoms with E-state index in [0.29, 0.717) is 12.1 Å². The average molecular weight is 373 g/mol. The van der Waals surface area contributed by atoms with Gasteiger partial charge >= 0.3 is 0 Å². The Hall–Kier alpha value is -2.11. The van der Waals surface area contributed by atoms with Crippen LogP contribution in [0.15, 0.2) is 53.6 Å². The lowest BCUT2D eigenvalue weighted by molar-refractivity contribution is 0.204. The molecule has 0 spiro atoms. The van der Waals surface area contributed by atoms with Crippen molar-refractivity contribution in [3.63, 3.8) is 0 Å². The maximum Gasteiger partial charge on any atom is 0.255 e. The first-order valence-electron chi connectivity index (χ1n) is 9.03. The van der Waals surface area contributed by atoms with Gasteiger partial charge in [0.05, 0.1) is 18.3 Å². The van der Waals surface area contributed by atoms with Gasteiger partial charge in [-0.3, -0.25) is 18.9 Å². The third-order valence-corrected chi connectivity index (χ3v) is 5.43. The molecule has 2 atom stereocenters. The highest BCUT2D eigenvalue weighted by molar-refractivity contribution is 5.85. The third-order valence-electron chi connectivity index (χ3n) is 5.43. The molecular weight excluding hydrogens is 348 g/mol. The van der Waals surface area contributed by atoms with Crippen molar-refractivity contribution >= 4 is 23.3 Å². The minimum atomic E-state index is -0.0220. The van der Waals surface area contributed by atoms with Crippen LogP contribution in [0.25, 0.3) is 16.6 Å². The topological polar surface area (TPSA) is 43.1 Å². The Morgan fingerprint density at radius 3 is 2.58 bits per heavy atom. The van der Waals surface area contributed by atoms with Crippen molar-refractivity contribution in [2.75, 3.05) is 6.54 Å². The molecule has 3 aromatic rings. The number of nitrogens with zero attached hydrogens (tertiary/aromatic N) is 4. The van der Waals surface area contributed by atoms with Crippen LogP contribution >= 0.6 is 12.4 Å². The van der Waals surface area contributed by atoms with E-state index in [1.54, 1.807) is 22.9 Å². The second-order valence-corrected chi connectivity index (χ2v) is 7.03. The molecule has 6 heteroatoms. The Labute approximate surface area is 159 Å². The van der Waals surface area contributed by atoms with Gasteiger partial charge in [-0.25, -0.2) is 0 Å². The van der Waals surface area contributed by atoms with E-state index in [9.17, 15) is 4.79 Å². The monoisotopic (exact) mass is 372 g/mol. The van der Waals surface area contributed by atoms with Gasteiger partial charge in [-0.2, -0.15) is 5.10 Å². The lowest BCUT2D eigenvalue weighted by Gasteiger charge is -2.25. The Kier molecular flexibility index (Phi) is 5.49. The fourth-order valence-corrected chi connectivity index (χ4v) is 3.94. The summed E-state index contributed by atoms with van der Waals surface area (Å²) in [4.78, 5) is 14.6. The Morgan fingerprint density at radius 2 is 1.85 bits per heavy atom. The van der Waals surface area contributed by atoms with Crippen LogP contribution in [-0.2, 0) is 6.54 Å². The summed E-state index contributed by atoms with van der Waals surface area (Å²) in [6.07, 6.45) is 6.26. The lowest BCUT2D eigenvalue weighted by Crippen LogP contribution is -2.35. The molecule has 0 radical (unpaired) electrons. The van der Waals surface area contributed by atoms with Crippen molar-refractivity contribution in [1.82, 2.24) is 19.2 Å². The van der Waals surface area contributed by atoms with Crippen LogP contribution in [0.3, 0.4) is 0 Å². The minimum Gasteiger partial charge on any atom is -0.296 e. The van der Waals surface area contributed by atoms with E-state index >= 15 is 0 Å². The fraction of sp³-hybridized carbons (Fsp3) is 0.400. The summed E-state index contributed by atoms with van der Waals surface area (Å²) in [5.41, 5.74) is 1.97. The second-order valence-electron chi connectivity index (χ2n) is 7.03. The molecule has 4 rings (SSSR count). The van der Waals surface area contributed by atoms with Gasteiger partial charge in [0.1, 0.15) is 0 Å². The molecular formula is C20H25ClN4O. The molecule has 1 fully saturated rings. The number of aromatic nitrogens is 3. The lowest BCUT2D eigenvalue weighted by atomic mass is 10.2. The highest BCUT2D eigenvalue weighted by Gasteiger charge is 2.26. The predicted molar refractivity (Wildman–Crippen MR) is 107 cm³/mol. The summed E-state index contributed by atoms with van der Waals surface area (Å²) in [6.45, 7) is 6.55. The molecule has 0 unspecified atom stereocenters.